The Kier molecular flexibility index (Phi) is 4.88. The van der Waals surface area contributed by atoms with Crippen LogP contribution in [0.5, 0.6) is 5.88 Å². The maximum Gasteiger partial charge on any atom is 0.329 e. The molecule has 1 aromatic heterocycles. The third-order valence-electron chi connectivity index (χ3n) is 2.89. The number of anilines is 1. The predicted molar refractivity (Wildman–Crippen MR) is 67.8 cm³/mol. The molecular weight excluding hydrogens is 234 g/mol. The number of hydrogen-bond acceptors (Lipinski definition) is 5. The van der Waals surface area contributed by atoms with Crippen LogP contribution in [0.15, 0.2) is 12.3 Å². The second-order valence-electron chi connectivity index (χ2n) is 3.87. The SMILES string of the molecule is CCOc1ccnc(NC(CC)(CC)C(=O)O)n1. The van der Waals surface area contributed by atoms with Gasteiger partial charge in [-0.1, -0.05) is 13.8 Å². The number of hydrogen-bond donors (Lipinski definition) is 2. The monoisotopic (exact) mass is 253 g/mol. The van der Waals surface area contributed by atoms with E-state index in [4.69, 9.17) is 4.74 Å². The quantitative estimate of drug-likeness (QED) is 0.772. The molecule has 0 amide bonds. The lowest BCUT2D eigenvalue weighted by molar-refractivity contribution is -0.142. The summed E-state index contributed by atoms with van der Waals surface area (Å²) in [6, 6.07) is 1.63. The van der Waals surface area contributed by atoms with Gasteiger partial charge in [0.1, 0.15) is 5.54 Å². The minimum absolute atomic E-state index is 0.270. The van der Waals surface area contributed by atoms with Gasteiger partial charge in [0.15, 0.2) is 0 Å². The van der Waals surface area contributed by atoms with Crippen molar-refractivity contribution in [1.29, 1.82) is 0 Å². The largest absolute Gasteiger partial charge is 0.480 e. The second-order valence-corrected chi connectivity index (χ2v) is 3.87. The van der Waals surface area contributed by atoms with Gasteiger partial charge in [-0.05, 0) is 19.8 Å². The van der Waals surface area contributed by atoms with Gasteiger partial charge in [-0.25, -0.2) is 9.78 Å². The number of carboxylic acids is 1. The highest BCUT2D eigenvalue weighted by molar-refractivity contribution is 5.81. The van der Waals surface area contributed by atoms with Crippen molar-refractivity contribution in [2.24, 2.45) is 0 Å². The Balaban J connectivity index is 2.93. The average Bonchev–Trinajstić information content (AvgIpc) is 2.36. The smallest absolute Gasteiger partial charge is 0.329 e. The number of aliphatic carboxylic acids is 1. The molecule has 6 nitrogen and oxygen atoms in total. The van der Waals surface area contributed by atoms with E-state index in [-0.39, 0.29) is 5.95 Å². The predicted octanol–water partition coefficient (Wildman–Crippen LogP) is 1.93. The number of nitrogens with one attached hydrogen (secondary N) is 1. The van der Waals surface area contributed by atoms with Gasteiger partial charge in [0, 0.05) is 12.3 Å². The van der Waals surface area contributed by atoms with Gasteiger partial charge >= 0.3 is 5.97 Å². The topological polar surface area (TPSA) is 84.3 Å². The summed E-state index contributed by atoms with van der Waals surface area (Å²) in [6.07, 6.45) is 2.43. The van der Waals surface area contributed by atoms with Gasteiger partial charge in [0.05, 0.1) is 6.61 Å². The molecule has 0 saturated heterocycles. The Bertz CT molecular complexity index is 405. The van der Waals surface area contributed by atoms with Gasteiger partial charge in [-0.3, -0.25) is 0 Å². The maximum absolute atomic E-state index is 11.3. The van der Waals surface area contributed by atoms with Gasteiger partial charge < -0.3 is 15.2 Å². The number of carbonyl (C=O) groups is 1. The fourth-order valence-corrected chi connectivity index (χ4v) is 1.63. The van der Waals surface area contributed by atoms with Crippen LogP contribution in [-0.4, -0.2) is 33.2 Å². The molecule has 0 atom stereocenters. The summed E-state index contributed by atoms with van der Waals surface area (Å²) < 4.78 is 5.25. The molecule has 0 saturated carbocycles. The third-order valence-corrected chi connectivity index (χ3v) is 2.89. The number of ether oxygens (including phenoxy) is 1. The molecule has 0 radical (unpaired) electrons. The summed E-state index contributed by atoms with van der Waals surface area (Å²) in [5.74, 6) is -0.202. The molecule has 0 unspecified atom stereocenters. The summed E-state index contributed by atoms with van der Waals surface area (Å²) in [6.45, 7) is 5.99. The highest BCUT2D eigenvalue weighted by Crippen LogP contribution is 2.21. The molecule has 1 aromatic rings. The zero-order valence-electron chi connectivity index (χ0n) is 10.9. The lowest BCUT2D eigenvalue weighted by atomic mass is 9.93. The van der Waals surface area contributed by atoms with E-state index >= 15 is 0 Å². The molecular formula is C12H19N3O3. The molecule has 6 heteroatoms. The molecule has 0 aromatic carbocycles. The summed E-state index contributed by atoms with van der Waals surface area (Å²) in [5.41, 5.74) is -1.04. The lowest BCUT2D eigenvalue weighted by Gasteiger charge is -2.27. The Morgan fingerprint density at radius 1 is 1.44 bits per heavy atom. The van der Waals surface area contributed by atoms with Crippen LogP contribution < -0.4 is 10.1 Å². The standard InChI is InChI=1S/C12H19N3O3/c1-4-12(5-2,10(16)17)15-11-13-8-7-9(14-11)18-6-3/h7-8H,4-6H2,1-3H3,(H,16,17)(H,13,14,15). The molecule has 0 aliphatic rings. The first kappa shape index (κ1) is 14.2. The van der Waals surface area contributed by atoms with Gasteiger partial charge in [0.25, 0.3) is 0 Å². The Morgan fingerprint density at radius 2 is 2.11 bits per heavy atom. The summed E-state index contributed by atoms with van der Waals surface area (Å²) in [4.78, 5) is 19.5. The van der Waals surface area contributed by atoms with Crippen LogP contribution in [0.4, 0.5) is 5.95 Å². The molecule has 100 valence electrons. The Hall–Kier alpha value is -1.85. The molecule has 1 rings (SSSR count). The van der Waals surface area contributed by atoms with E-state index in [0.29, 0.717) is 25.3 Å². The van der Waals surface area contributed by atoms with Crippen molar-refractivity contribution < 1.29 is 14.6 Å². The van der Waals surface area contributed by atoms with Crippen molar-refractivity contribution in [3.63, 3.8) is 0 Å². The van der Waals surface area contributed by atoms with Crippen molar-refractivity contribution in [2.75, 3.05) is 11.9 Å². The summed E-state index contributed by atoms with van der Waals surface area (Å²) in [7, 11) is 0. The van der Waals surface area contributed by atoms with Crippen molar-refractivity contribution in [2.45, 2.75) is 39.2 Å². The first-order valence-corrected chi connectivity index (χ1v) is 6.05. The molecule has 2 N–H and O–H groups in total. The minimum Gasteiger partial charge on any atom is -0.480 e. The zero-order chi connectivity index (χ0) is 13.6. The zero-order valence-corrected chi connectivity index (χ0v) is 10.9. The molecule has 0 aliphatic carbocycles. The Labute approximate surface area is 106 Å². The Morgan fingerprint density at radius 3 is 2.61 bits per heavy atom. The maximum atomic E-state index is 11.3. The van der Waals surface area contributed by atoms with Gasteiger partial charge in [0.2, 0.25) is 11.8 Å². The average molecular weight is 253 g/mol. The van der Waals surface area contributed by atoms with Crippen LogP contribution in [0.25, 0.3) is 0 Å². The highest BCUT2D eigenvalue weighted by atomic mass is 16.5. The highest BCUT2D eigenvalue weighted by Gasteiger charge is 2.35. The van der Waals surface area contributed by atoms with E-state index in [1.807, 2.05) is 20.8 Å². The van der Waals surface area contributed by atoms with E-state index in [9.17, 15) is 9.90 Å². The molecule has 0 spiro atoms. The minimum atomic E-state index is -1.04. The molecule has 1 heterocycles. The fourth-order valence-electron chi connectivity index (χ4n) is 1.63. The van der Waals surface area contributed by atoms with Crippen LogP contribution in [0.2, 0.25) is 0 Å². The first-order chi connectivity index (χ1) is 8.57. The number of rotatable bonds is 7. The van der Waals surface area contributed by atoms with Crippen LogP contribution >= 0.6 is 0 Å². The third kappa shape index (κ3) is 3.09. The van der Waals surface area contributed by atoms with E-state index in [2.05, 4.69) is 15.3 Å². The first-order valence-electron chi connectivity index (χ1n) is 6.05. The molecule has 0 bridgehead atoms. The van der Waals surface area contributed by atoms with E-state index in [1.54, 1.807) is 6.07 Å². The lowest BCUT2D eigenvalue weighted by Crippen LogP contribution is -2.45. The fraction of sp³-hybridized carbons (Fsp3) is 0.583. The normalized spacial score (nSPS) is 11.1. The van der Waals surface area contributed by atoms with Crippen molar-refractivity contribution >= 4 is 11.9 Å². The van der Waals surface area contributed by atoms with Crippen LogP contribution in [0.3, 0.4) is 0 Å². The van der Waals surface area contributed by atoms with E-state index in [0.717, 1.165) is 0 Å². The van der Waals surface area contributed by atoms with Crippen molar-refractivity contribution in [3.05, 3.63) is 12.3 Å². The summed E-state index contributed by atoms with van der Waals surface area (Å²) in [5, 5.41) is 12.2. The number of carboxylic acid groups (broad SMARTS) is 1. The number of nitrogens with zero attached hydrogens (tertiary/aromatic N) is 2. The molecule has 18 heavy (non-hydrogen) atoms. The van der Waals surface area contributed by atoms with Gasteiger partial charge in [-0.2, -0.15) is 4.98 Å². The second kappa shape index (κ2) is 6.18. The summed E-state index contributed by atoms with van der Waals surface area (Å²) >= 11 is 0. The van der Waals surface area contributed by atoms with Crippen molar-refractivity contribution in [1.82, 2.24) is 9.97 Å². The van der Waals surface area contributed by atoms with E-state index in [1.165, 1.54) is 6.20 Å². The number of aromatic nitrogens is 2. The van der Waals surface area contributed by atoms with Gasteiger partial charge in [-0.15, -0.1) is 0 Å². The van der Waals surface area contributed by atoms with Crippen molar-refractivity contribution in [3.8, 4) is 5.88 Å². The van der Waals surface area contributed by atoms with E-state index < -0.39 is 11.5 Å². The molecule has 0 aliphatic heterocycles. The molecule has 0 fully saturated rings. The van der Waals surface area contributed by atoms with Crippen LogP contribution in [-0.2, 0) is 4.79 Å². The van der Waals surface area contributed by atoms with Crippen LogP contribution in [0.1, 0.15) is 33.6 Å². The van der Waals surface area contributed by atoms with Crippen LogP contribution in [0, 0.1) is 0 Å².